The first-order valence-electron chi connectivity index (χ1n) is 8.13. The molecule has 6 heteroatoms. The number of hydrogen-bond donors (Lipinski definition) is 1. The number of carbonyl (C=O) groups excluding carboxylic acids is 2. The van der Waals surface area contributed by atoms with Crippen LogP contribution in [0, 0.1) is 0 Å². The van der Waals surface area contributed by atoms with E-state index in [9.17, 15) is 14.4 Å². The SMILES string of the molecule is C=C(c1ccc(C(C)C(=O)O)cc1)c1ccc(C(=O)OC)cc1C(=O)OC. The molecule has 140 valence electrons. The summed E-state index contributed by atoms with van der Waals surface area (Å²) in [6, 6.07) is 11.5. The first-order chi connectivity index (χ1) is 12.8. The van der Waals surface area contributed by atoms with Gasteiger partial charge in [0, 0.05) is 0 Å². The van der Waals surface area contributed by atoms with Crippen molar-refractivity contribution in [1.29, 1.82) is 0 Å². The number of aliphatic carboxylic acids is 1. The van der Waals surface area contributed by atoms with Crippen LogP contribution in [0.2, 0.25) is 0 Å². The summed E-state index contributed by atoms with van der Waals surface area (Å²) in [5.41, 5.74) is 2.84. The van der Waals surface area contributed by atoms with Crippen molar-refractivity contribution in [1.82, 2.24) is 0 Å². The summed E-state index contributed by atoms with van der Waals surface area (Å²) < 4.78 is 9.49. The highest BCUT2D eigenvalue weighted by molar-refractivity contribution is 6.00. The van der Waals surface area contributed by atoms with Crippen LogP contribution in [0.4, 0.5) is 0 Å². The van der Waals surface area contributed by atoms with Crippen molar-refractivity contribution in [2.24, 2.45) is 0 Å². The lowest BCUT2D eigenvalue weighted by Crippen LogP contribution is -2.10. The van der Waals surface area contributed by atoms with Crippen molar-refractivity contribution < 1.29 is 29.0 Å². The molecule has 1 N–H and O–H groups in total. The molecule has 27 heavy (non-hydrogen) atoms. The highest BCUT2D eigenvalue weighted by Gasteiger charge is 2.19. The third-order valence-corrected chi connectivity index (χ3v) is 4.30. The van der Waals surface area contributed by atoms with Gasteiger partial charge < -0.3 is 14.6 Å². The second-order valence-corrected chi connectivity index (χ2v) is 5.90. The number of methoxy groups -OCH3 is 2. The van der Waals surface area contributed by atoms with Crippen molar-refractivity contribution in [3.8, 4) is 0 Å². The van der Waals surface area contributed by atoms with Gasteiger partial charge in [-0.1, -0.05) is 36.9 Å². The van der Waals surface area contributed by atoms with E-state index in [1.807, 2.05) is 0 Å². The lowest BCUT2D eigenvalue weighted by Gasteiger charge is -2.13. The molecule has 1 atom stereocenters. The zero-order valence-corrected chi connectivity index (χ0v) is 15.3. The summed E-state index contributed by atoms with van der Waals surface area (Å²) in [5, 5.41) is 9.10. The maximum Gasteiger partial charge on any atom is 0.338 e. The normalized spacial score (nSPS) is 11.4. The molecule has 2 aromatic rings. The number of carbonyl (C=O) groups is 3. The number of esters is 2. The molecule has 0 fully saturated rings. The number of hydrogen-bond acceptors (Lipinski definition) is 5. The Morgan fingerprint density at radius 2 is 1.44 bits per heavy atom. The largest absolute Gasteiger partial charge is 0.481 e. The van der Waals surface area contributed by atoms with Crippen LogP contribution in [0.25, 0.3) is 5.57 Å². The van der Waals surface area contributed by atoms with E-state index in [0.29, 0.717) is 22.3 Å². The number of carboxylic acids is 1. The summed E-state index contributed by atoms with van der Waals surface area (Å²) in [7, 11) is 2.51. The molecule has 6 nitrogen and oxygen atoms in total. The van der Waals surface area contributed by atoms with Gasteiger partial charge in [0.05, 0.1) is 31.3 Å². The average molecular weight is 368 g/mol. The van der Waals surface area contributed by atoms with Gasteiger partial charge in [0.15, 0.2) is 0 Å². The van der Waals surface area contributed by atoms with Crippen molar-refractivity contribution in [3.05, 3.63) is 76.9 Å². The lowest BCUT2D eigenvalue weighted by molar-refractivity contribution is -0.138. The zero-order valence-electron chi connectivity index (χ0n) is 15.3. The van der Waals surface area contributed by atoms with Gasteiger partial charge >= 0.3 is 17.9 Å². The summed E-state index contributed by atoms with van der Waals surface area (Å²) in [6.07, 6.45) is 0. The number of ether oxygens (including phenoxy) is 2. The molecule has 2 rings (SSSR count). The van der Waals surface area contributed by atoms with Crippen LogP contribution in [-0.2, 0) is 14.3 Å². The van der Waals surface area contributed by atoms with E-state index in [2.05, 4.69) is 11.3 Å². The lowest BCUT2D eigenvalue weighted by atomic mass is 9.92. The van der Waals surface area contributed by atoms with E-state index < -0.39 is 23.8 Å². The van der Waals surface area contributed by atoms with E-state index in [4.69, 9.17) is 9.84 Å². The van der Waals surface area contributed by atoms with E-state index in [1.165, 1.54) is 20.3 Å². The van der Waals surface area contributed by atoms with Crippen LogP contribution in [0.15, 0.2) is 49.0 Å². The van der Waals surface area contributed by atoms with Gasteiger partial charge in [-0.25, -0.2) is 9.59 Å². The van der Waals surface area contributed by atoms with Crippen molar-refractivity contribution in [3.63, 3.8) is 0 Å². The van der Waals surface area contributed by atoms with Crippen LogP contribution in [0.1, 0.15) is 50.2 Å². The minimum atomic E-state index is -0.909. The monoisotopic (exact) mass is 368 g/mol. The summed E-state index contributed by atoms with van der Waals surface area (Å²) >= 11 is 0. The molecule has 0 heterocycles. The molecular weight excluding hydrogens is 348 g/mol. The molecule has 0 bridgehead atoms. The minimum absolute atomic E-state index is 0.188. The quantitative estimate of drug-likeness (QED) is 0.785. The van der Waals surface area contributed by atoms with E-state index >= 15 is 0 Å². The van der Waals surface area contributed by atoms with Crippen molar-refractivity contribution in [2.75, 3.05) is 14.2 Å². The highest BCUT2D eigenvalue weighted by atomic mass is 16.5. The van der Waals surface area contributed by atoms with Gasteiger partial charge in [-0.05, 0) is 41.3 Å². The predicted octanol–water partition coefficient (Wildman–Crippen LogP) is 3.51. The topological polar surface area (TPSA) is 89.9 Å². The third kappa shape index (κ3) is 4.23. The Labute approximate surface area is 157 Å². The molecule has 0 aliphatic heterocycles. The molecule has 0 spiro atoms. The second kappa shape index (κ2) is 8.31. The number of carboxylic acid groups (broad SMARTS) is 1. The standard InChI is InChI=1S/C21H20O6/c1-12(14-5-7-15(8-6-14)13(2)19(22)23)17-10-9-16(20(24)26-3)11-18(17)21(25)27-4/h5-11,13H,1H2,2-4H3,(H,22,23). The molecule has 0 aliphatic carbocycles. The van der Waals surface area contributed by atoms with Crippen LogP contribution >= 0.6 is 0 Å². The molecule has 0 radical (unpaired) electrons. The molecule has 2 aromatic carbocycles. The highest BCUT2D eigenvalue weighted by Crippen LogP contribution is 2.28. The Bertz CT molecular complexity index is 895. The van der Waals surface area contributed by atoms with Gasteiger partial charge in [-0.15, -0.1) is 0 Å². The van der Waals surface area contributed by atoms with Crippen LogP contribution < -0.4 is 0 Å². The fourth-order valence-corrected chi connectivity index (χ4v) is 2.60. The maximum atomic E-state index is 12.2. The average Bonchev–Trinajstić information content (AvgIpc) is 2.71. The molecular formula is C21H20O6. The second-order valence-electron chi connectivity index (χ2n) is 5.90. The van der Waals surface area contributed by atoms with Crippen LogP contribution in [0.5, 0.6) is 0 Å². The zero-order chi connectivity index (χ0) is 20.1. The number of benzene rings is 2. The van der Waals surface area contributed by atoms with Gasteiger partial charge in [-0.3, -0.25) is 4.79 Å². The van der Waals surface area contributed by atoms with E-state index in [-0.39, 0.29) is 11.1 Å². The fourth-order valence-electron chi connectivity index (χ4n) is 2.60. The Hall–Kier alpha value is -3.41. The van der Waals surface area contributed by atoms with Crippen molar-refractivity contribution >= 4 is 23.5 Å². The summed E-state index contributed by atoms with van der Waals surface area (Å²) in [6.45, 7) is 5.64. The molecule has 0 saturated carbocycles. The summed E-state index contributed by atoms with van der Waals surface area (Å²) in [4.78, 5) is 35.0. The molecule has 0 aromatic heterocycles. The van der Waals surface area contributed by atoms with E-state index in [1.54, 1.807) is 43.3 Å². The first-order valence-corrected chi connectivity index (χ1v) is 8.13. The third-order valence-electron chi connectivity index (χ3n) is 4.30. The molecule has 0 amide bonds. The van der Waals surface area contributed by atoms with Crippen LogP contribution in [-0.4, -0.2) is 37.2 Å². The van der Waals surface area contributed by atoms with Crippen molar-refractivity contribution in [2.45, 2.75) is 12.8 Å². The van der Waals surface area contributed by atoms with Gasteiger partial charge in [0.1, 0.15) is 0 Å². The van der Waals surface area contributed by atoms with Gasteiger partial charge in [0.25, 0.3) is 0 Å². The molecule has 1 unspecified atom stereocenters. The maximum absolute atomic E-state index is 12.2. The Morgan fingerprint density at radius 1 is 0.889 bits per heavy atom. The van der Waals surface area contributed by atoms with Gasteiger partial charge in [-0.2, -0.15) is 0 Å². The predicted molar refractivity (Wildman–Crippen MR) is 99.7 cm³/mol. The first kappa shape index (κ1) is 19.9. The Kier molecular flexibility index (Phi) is 6.13. The van der Waals surface area contributed by atoms with Crippen LogP contribution in [0.3, 0.4) is 0 Å². The minimum Gasteiger partial charge on any atom is -0.481 e. The summed E-state index contributed by atoms with van der Waals surface area (Å²) in [5.74, 6) is -2.71. The Balaban J connectivity index is 2.44. The number of rotatable bonds is 6. The molecule has 0 saturated heterocycles. The van der Waals surface area contributed by atoms with Gasteiger partial charge in [0.2, 0.25) is 0 Å². The molecule has 0 aliphatic rings. The smallest absolute Gasteiger partial charge is 0.338 e. The van der Waals surface area contributed by atoms with E-state index in [0.717, 1.165) is 0 Å². The fraction of sp³-hybridized carbons (Fsp3) is 0.190. The Morgan fingerprint density at radius 3 is 1.96 bits per heavy atom.